The molecule has 6 nitrogen and oxygen atoms in total. The minimum Gasteiger partial charge on any atom is -0.337 e. The number of piperazine rings is 1. The number of carbonyl (C=O) groups excluding carboxylic acids is 2. The molecule has 0 aromatic heterocycles. The SMILES string of the molecule is CC1CNCCN1C(=O)CCNC(=O)N(C)Cc1ccccc1. The highest BCUT2D eigenvalue weighted by molar-refractivity contribution is 5.78. The zero-order valence-electron chi connectivity index (χ0n) is 13.9. The number of nitrogens with one attached hydrogen (secondary N) is 2. The standard InChI is InChI=1S/C17H26N4O2/c1-14-12-18-10-11-21(14)16(22)8-9-19-17(23)20(2)13-15-6-4-3-5-7-15/h3-7,14,18H,8-13H2,1-2H3,(H,19,23). The van der Waals surface area contributed by atoms with Gasteiger partial charge in [-0.25, -0.2) is 4.79 Å². The fraction of sp³-hybridized carbons (Fsp3) is 0.529. The first kappa shape index (κ1) is 17.3. The lowest BCUT2D eigenvalue weighted by Crippen LogP contribution is -2.52. The lowest BCUT2D eigenvalue weighted by atomic mass is 10.2. The van der Waals surface area contributed by atoms with Gasteiger partial charge in [-0.2, -0.15) is 0 Å². The van der Waals surface area contributed by atoms with Gasteiger partial charge < -0.3 is 20.4 Å². The number of carbonyl (C=O) groups is 2. The van der Waals surface area contributed by atoms with Crippen molar-refractivity contribution in [1.29, 1.82) is 0 Å². The highest BCUT2D eigenvalue weighted by atomic mass is 16.2. The molecule has 126 valence electrons. The lowest BCUT2D eigenvalue weighted by molar-refractivity contribution is -0.133. The van der Waals surface area contributed by atoms with Crippen LogP contribution < -0.4 is 10.6 Å². The monoisotopic (exact) mass is 318 g/mol. The molecule has 0 radical (unpaired) electrons. The van der Waals surface area contributed by atoms with E-state index in [9.17, 15) is 9.59 Å². The van der Waals surface area contributed by atoms with Crippen LogP contribution >= 0.6 is 0 Å². The molecule has 0 spiro atoms. The summed E-state index contributed by atoms with van der Waals surface area (Å²) in [6.45, 7) is 5.36. The van der Waals surface area contributed by atoms with E-state index in [1.807, 2.05) is 42.2 Å². The maximum atomic E-state index is 12.2. The van der Waals surface area contributed by atoms with Gasteiger partial charge in [-0.15, -0.1) is 0 Å². The maximum Gasteiger partial charge on any atom is 0.317 e. The Morgan fingerprint density at radius 2 is 2.09 bits per heavy atom. The first-order valence-corrected chi connectivity index (χ1v) is 8.11. The van der Waals surface area contributed by atoms with E-state index in [4.69, 9.17) is 0 Å². The van der Waals surface area contributed by atoms with Crippen molar-refractivity contribution in [3.8, 4) is 0 Å². The molecule has 2 rings (SSSR count). The average Bonchev–Trinajstić information content (AvgIpc) is 2.56. The van der Waals surface area contributed by atoms with Crippen molar-refractivity contribution in [3.63, 3.8) is 0 Å². The largest absolute Gasteiger partial charge is 0.337 e. The van der Waals surface area contributed by atoms with E-state index < -0.39 is 0 Å². The van der Waals surface area contributed by atoms with Gasteiger partial charge in [-0.1, -0.05) is 30.3 Å². The fourth-order valence-corrected chi connectivity index (χ4v) is 2.70. The van der Waals surface area contributed by atoms with Gasteiger partial charge in [0.25, 0.3) is 0 Å². The van der Waals surface area contributed by atoms with E-state index in [2.05, 4.69) is 10.6 Å². The molecule has 1 fully saturated rings. The van der Waals surface area contributed by atoms with Gasteiger partial charge in [0.05, 0.1) is 0 Å². The van der Waals surface area contributed by atoms with E-state index in [0.29, 0.717) is 19.5 Å². The van der Waals surface area contributed by atoms with Crippen LogP contribution in [0, 0.1) is 0 Å². The number of benzene rings is 1. The number of hydrogen-bond acceptors (Lipinski definition) is 3. The second-order valence-electron chi connectivity index (χ2n) is 5.96. The summed E-state index contributed by atoms with van der Waals surface area (Å²) in [4.78, 5) is 27.7. The van der Waals surface area contributed by atoms with Crippen molar-refractivity contribution in [2.24, 2.45) is 0 Å². The maximum absolute atomic E-state index is 12.2. The normalized spacial score (nSPS) is 17.7. The summed E-state index contributed by atoms with van der Waals surface area (Å²) in [5, 5.41) is 6.07. The molecule has 0 aliphatic carbocycles. The zero-order valence-corrected chi connectivity index (χ0v) is 13.9. The van der Waals surface area contributed by atoms with Crippen molar-refractivity contribution in [2.75, 3.05) is 33.2 Å². The molecule has 6 heteroatoms. The first-order chi connectivity index (χ1) is 11.1. The van der Waals surface area contributed by atoms with Crippen LogP contribution in [0.5, 0.6) is 0 Å². The molecular formula is C17H26N4O2. The molecule has 3 amide bonds. The molecular weight excluding hydrogens is 292 g/mol. The number of hydrogen-bond donors (Lipinski definition) is 2. The van der Waals surface area contributed by atoms with Gasteiger partial charge in [-0.05, 0) is 12.5 Å². The first-order valence-electron chi connectivity index (χ1n) is 8.11. The molecule has 1 aliphatic heterocycles. The third kappa shape index (κ3) is 5.25. The van der Waals surface area contributed by atoms with E-state index in [-0.39, 0.29) is 18.0 Å². The van der Waals surface area contributed by atoms with Crippen LogP contribution in [0.3, 0.4) is 0 Å². The highest BCUT2D eigenvalue weighted by Gasteiger charge is 2.22. The molecule has 2 N–H and O–H groups in total. The molecule has 1 heterocycles. The number of amides is 3. The summed E-state index contributed by atoms with van der Waals surface area (Å²) in [7, 11) is 1.75. The van der Waals surface area contributed by atoms with E-state index >= 15 is 0 Å². The predicted octanol–water partition coefficient (Wildman–Crippen LogP) is 1.04. The molecule has 1 atom stereocenters. The summed E-state index contributed by atoms with van der Waals surface area (Å²) >= 11 is 0. The Hall–Kier alpha value is -2.08. The van der Waals surface area contributed by atoms with Crippen molar-refractivity contribution in [2.45, 2.75) is 25.9 Å². The minimum absolute atomic E-state index is 0.102. The molecule has 1 aromatic carbocycles. The Balaban J connectivity index is 1.70. The van der Waals surface area contributed by atoms with E-state index in [0.717, 1.165) is 25.2 Å². The van der Waals surface area contributed by atoms with Gasteiger partial charge in [0, 0.05) is 52.2 Å². The smallest absolute Gasteiger partial charge is 0.317 e. The van der Waals surface area contributed by atoms with Crippen LogP contribution in [0.2, 0.25) is 0 Å². The Labute approximate surface area is 137 Å². The van der Waals surface area contributed by atoms with Crippen molar-refractivity contribution in [3.05, 3.63) is 35.9 Å². The van der Waals surface area contributed by atoms with Gasteiger partial charge in [0.2, 0.25) is 5.91 Å². The van der Waals surface area contributed by atoms with E-state index in [1.165, 1.54) is 0 Å². The number of rotatable bonds is 5. The van der Waals surface area contributed by atoms with Gasteiger partial charge in [0.15, 0.2) is 0 Å². The van der Waals surface area contributed by atoms with E-state index in [1.54, 1.807) is 11.9 Å². The topological polar surface area (TPSA) is 64.7 Å². The van der Waals surface area contributed by atoms with Crippen LogP contribution in [0.4, 0.5) is 4.79 Å². The molecule has 23 heavy (non-hydrogen) atoms. The fourth-order valence-electron chi connectivity index (χ4n) is 2.70. The Kier molecular flexibility index (Phi) is 6.40. The van der Waals surface area contributed by atoms with Crippen LogP contribution in [-0.2, 0) is 11.3 Å². The Bertz CT molecular complexity index is 521. The molecule has 1 aromatic rings. The number of nitrogens with zero attached hydrogens (tertiary/aromatic N) is 2. The molecule has 0 bridgehead atoms. The summed E-state index contributed by atoms with van der Waals surface area (Å²) in [6, 6.07) is 9.88. The third-order valence-electron chi connectivity index (χ3n) is 4.05. The lowest BCUT2D eigenvalue weighted by Gasteiger charge is -2.34. The number of urea groups is 1. The quantitative estimate of drug-likeness (QED) is 0.852. The van der Waals surface area contributed by atoms with Crippen molar-refractivity contribution >= 4 is 11.9 Å². The average molecular weight is 318 g/mol. The van der Waals surface area contributed by atoms with Crippen molar-refractivity contribution in [1.82, 2.24) is 20.4 Å². The minimum atomic E-state index is -0.157. The third-order valence-corrected chi connectivity index (χ3v) is 4.05. The van der Waals surface area contributed by atoms with Gasteiger partial charge >= 0.3 is 6.03 Å². The summed E-state index contributed by atoms with van der Waals surface area (Å²) in [5.41, 5.74) is 1.08. The second kappa shape index (κ2) is 8.53. The molecule has 1 unspecified atom stereocenters. The molecule has 0 saturated carbocycles. The predicted molar refractivity (Wildman–Crippen MR) is 90.0 cm³/mol. The van der Waals surface area contributed by atoms with Crippen LogP contribution in [0.15, 0.2) is 30.3 Å². The van der Waals surface area contributed by atoms with Crippen LogP contribution in [0.25, 0.3) is 0 Å². The van der Waals surface area contributed by atoms with Crippen molar-refractivity contribution < 1.29 is 9.59 Å². The second-order valence-corrected chi connectivity index (χ2v) is 5.96. The Morgan fingerprint density at radius 1 is 1.35 bits per heavy atom. The summed E-state index contributed by atoms with van der Waals surface area (Å²) in [6.07, 6.45) is 0.343. The molecule has 1 aliphatic rings. The Morgan fingerprint density at radius 3 is 2.78 bits per heavy atom. The van der Waals surface area contributed by atoms with Gasteiger partial charge in [-0.3, -0.25) is 4.79 Å². The van der Waals surface area contributed by atoms with Crippen LogP contribution in [0.1, 0.15) is 18.9 Å². The zero-order chi connectivity index (χ0) is 16.7. The summed E-state index contributed by atoms with van der Waals surface area (Å²) in [5.74, 6) is 0.102. The van der Waals surface area contributed by atoms with Crippen LogP contribution in [-0.4, -0.2) is 61.0 Å². The highest BCUT2D eigenvalue weighted by Crippen LogP contribution is 2.05. The summed E-state index contributed by atoms with van der Waals surface area (Å²) < 4.78 is 0. The van der Waals surface area contributed by atoms with Gasteiger partial charge in [0.1, 0.15) is 0 Å². The molecule has 1 saturated heterocycles.